The number of hydrogen-bond donors (Lipinski definition) is 0. The van der Waals surface area contributed by atoms with Crippen molar-refractivity contribution in [2.45, 2.75) is 26.2 Å². The van der Waals surface area contributed by atoms with E-state index in [0.717, 1.165) is 16.7 Å². The average Bonchev–Trinajstić information content (AvgIpc) is 3.33. The van der Waals surface area contributed by atoms with Crippen LogP contribution in [0.4, 0.5) is 0 Å². The van der Waals surface area contributed by atoms with E-state index in [-0.39, 0.29) is 5.41 Å². The van der Waals surface area contributed by atoms with Gasteiger partial charge >= 0.3 is 0 Å². The minimum Gasteiger partial charge on any atom is -0.464 e. The lowest BCUT2D eigenvalue weighted by molar-refractivity contribution is 0.596. The highest BCUT2D eigenvalue weighted by molar-refractivity contribution is 7.26. The molecule has 3 heteroatoms. The highest BCUT2D eigenvalue weighted by Gasteiger charge is 2.20. The van der Waals surface area contributed by atoms with E-state index in [1.165, 1.54) is 42.1 Å². The third kappa shape index (κ3) is 2.59. The highest BCUT2D eigenvalue weighted by Crippen LogP contribution is 2.42. The van der Waals surface area contributed by atoms with Crippen LogP contribution >= 0.6 is 11.3 Å². The number of rotatable bonds is 1. The molecule has 2 nitrogen and oxygen atoms in total. The van der Waals surface area contributed by atoms with Gasteiger partial charge in [-0.2, -0.15) is 0 Å². The Morgan fingerprint density at radius 3 is 2.57 bits per heavy atom. The normalized spacial score (nSPS) is 12.5. The van der Waals surface area contributed by atoms with Gasteiger partial charge in [0.15, 0.2) is 0 Å². The Morgan fingerprint density at radius 2 is 1.70 bits per heavy atom. The van der Waals surface area contributed by atoms with Gasteiger partial charge in [-0.15, -0.1) is 11.3 Å². The topological polar surface area (TPSA) is 26.0 Å². The second-order valence-corrected chi connectivity index (χ2v) is 10.0. The molecule has 0 saturated heterocycles. The van der Waals surface area contributed by atoms with Crippen LogP contribution in [0.5, 0.6) is 0 Å². The zero-order chi connectivity index (χ0) is 20.5. The fourth-order valence-corrected chi connectivity index (χ4v) is 5.58. The van der Waals surface area contributed by atoms with E-state index in [1.807, 2.05) is 12.3 Å². The number of hydrogen-bond acceptors (Lipinski definition) is 3. The SMILES string of the molecule is CC(C)(C)c1cc(-c2nccc3sc4cc5occc5cc4c23)cc2ccccc12. The molecule has 6 rings (SSSR count). The second-order valence-electron chi connectivity index (χ2n) is 8.94. The maximum atomic E-state index is 5.63. The van der Waals surface area contributed by atoms with Crippen LogP contribution in [0.3, 0.4) is 0 Å². The Balaban J connectivity index is 1.72. The number of nitrogens with zero attached hydrogens (tertiary/aromatic N) is 1. The molecule has 0 aliphatic rings. The van der Waals surface area contributed by atoms with Crippen LogP contribution in [0.1, 0.15) is 26.3 Å². The smallest absolute Gasteiger partial charge is 0.135 e. The van der Waals surface area contributed by atoms with Gasteiger partial charge in [0.05, 0.1) is 12.0 Å². The van der Waals surface area contributed by atoms with Gasteiger partial charge in [-0.25, -0.2) is 0 Å². The second kappa shape index (κ2) is 6.16. The van der Waals surface area contributed by atoms with Crippen molar-refractivity contribution < 1.29 is 4.42 Å². The molecule has 0 fully saturated rings. The summed E-state index contributed by atoms with van der Waals surface area (Å²) in [7, 11) is 0. The quantitative estimate of drug-likeness (QED) is 0.274. The molecule has 0 aliphatic carbocycles. The molecule has 0 spiro atoms. The number of benzene rings is 3. The van der Waals surface area contributed by atoms with Crippen LogP contribution in [-0.2, 0) is 5.41 Å². The average molecular weight is 408 g/mol. The summed E-state index contributed by atoms with van der Waals surface area (Å²) in [5.74, 6) is 0. The first kappa shape index (κ1) is 17.7. The van der Waals surface area contributed by atoms with Gasteiger partial charge in [0, 0.05) is 37.3 Å². The number of furan rings is 1. The van der Waals surface area contributed by atoms with Crippen molar-refractivity contribution >= 4 is 53.3 Å². The van der Waals surface area contributed by atoms with Gasteiger partial charge in [-0.1, -0.05) is 45.0 Å². The lowest BCUT2D eigenvalue weighted by Gasteiger charge is -2.23. The van der Waals surface area contributed by atoms with E-state index < -0.39 is 0 Å². The van der Waals surface area contributed by atoms with Crippen LogP contribution in [-0.4, -0.2) is 4.98 Å². The molecule has 3 heterocycles. The lowest BCUT2D eigenvalue weighted by atomic mass is 9.82. The zero-order valence-electron chi connectivity index (χ0n) is 17.2. The molecule has 0 N–H and O–H groups in total. The number of aromatic nitrogens is 1. The predicted molar refractivity (Wildman–Crippen MR) is 129 cm³/mol. The summed E-state index contributed by atoms with van der Waals surface area (Å²) in [6.45, 7) is 6.84. The first-order valence-corrected chi connectivity index (χ1v) is 11.0. The van der Waals surface area contributed by atoms with Gasteiger partial charge in [-0.05, 0) is 58.1 Å². The summed E-state index contributed by atoms with van der Waals surface area (Å²) in [4.78, 5) is 4.88. The maximum absolute atomic E-state index is 5.63. The Morgan fingerprint density at radius 1 is 0.833 bits per heavy atom. The predicted octanol–water partition coefficient (Wildman–Crippen LogP) is 8.31. The number of pyridine rings is 1. The van der Waals surface area contributed by atoms with E-state index in [9.17, 15) is 0 Å². The van der Waals surface area contributed by atoms with Crippen LogP contribution in [0, 0.1) is 0 Å². The molecule has 0 radical (unpaired) electrons. The summed E-state index contributed by atoms with van der Waals surface area (Å²) >= 11 is 1.80. The molecule has 0 unspecified atom stereocenters. The maximum Gasteiger partial charge on any atom is 0.135 e. The third-order valence-corrected chi connectivity index (χ3v) is 7.02. The van der Waals surface area contributed by atoms with Crippen molar-refractivity contribution in [1.82, 2.24) is 4.98 Å². The Bertz CT molecular complexity index is 1580. The van der Waals surface area contributed by atoms with Crippen LogP contribution < -0.4 is 0 Å². The van der Waals surface area contributed by atoms with Crippen molar-refractivity contribution in [1.29, 1.82) is 0 Å². The summed E-state index contributed by atoms with van der Waals surface area (Å²) in [6.07, 6.45) is 3.69. The Hall–Kier alpha value is -3.17. The van der Waals surface area contributed by atoms with E-state index in [0.29, 0.717) is 0 Å². The summed E-state index contributed by atoms with van der Waals surface area (Å²) in [5.41, 5.74) is 4.56. The fraction of sp³-hybridized carbons (Fsp3) is 0.148. The zero-order valence-corrected chi connectivity index (χ0v) is 18.0. The molecule has 0 atom stereocenters. The van der Waals surface area contributed by atoms with Gasteiger partial charge in [0.25, 0.3) is 0 Å². The standard InChI is InChI=1S/C27H21NOS/c1-27(2,3)21-14-18(12-16-6-4-5-7-19(16)21)26-25-20-13-17-9-11-29-22(17)15-24(20)30-23(25)8-10-28-26/h4-15H,1-3H3. The van der Waals surface area contributed by atoms with Crippen molar-refractivity contribution in [3.05, 3.63) is 78.7 Å². The Labute approximate surface area is 178 Å². The summed E-state index contributed by atoms with van der Waals surface area (Å²) in [5, 5.41) is 6.19. The minimum absolute atomic E-state index is 0.0448. The Kier molecular flexibility index (Phi) is 3.63. The third-order valence-electron chi connectivity index (χ3n) is 5.90. The molecule has 0 aliphatic heterocycles. The molecular formula is C27H21NOS. The van der Waals surface area contributed by atoms with E-state index in [2.05, 4.69) is 75.4 Å². The number of thiophene rings is 1. The van der Waals surface area contributed by atoms with E-state index >= 15 is 0 Å². The van der Waals surface area contributed by atoms with Crippen molar-refractivity contribution in [3.8, 4) is 11.3 Å². The van der Waals surface area contributed by atoms with Crippen LogP contribution in [0.15, 0.2) is 77.5 Å². The molecule has 3 aromatic heterocycles. The van der Waals surface area contributed by atoms with Crippen molar-refractivity contribution in [2.24, 2.45) is 0 Å². The molecular weight excluding hydrogens is 386 g/mol. The lowest BCUT2D eigenvalue weighted by Crippen LogP contribution is -2.12. The van der Waals surface area contributed by atoms with Gasteiger partial charge in [-0.3, -0.25) is 4.98 Å². The monoisotopic (exact) mass is 407 g/mol. The summed E-state index contributed by atoms with van der Waals surface area (Å²) < 4.78 is 8.12. The van der Waals surface area contributed by atoms with E-state index in [1.54, 1.807) is 17.6 Å². The first-order chi connectivity index (χ1) is 14.5. The van der Waals surface area contributed by atoms with Gasteiger partial charge in [0.1, 0.15) is 5.58 Å². The summed E-state index contributed by atoms with van der Waals surface area (Å²) in [6, 6.07) is 21.8. The van der Waals surface area contributed by atoms with Crippen LogP contribution in [0.25, 0.3) is 53.2 Å². The number of fused-ring (bicyclic) bond motifs is 5. The largest absolute Gasteiger partial charge is 0.464 e. The van der Waals surface area contributed by atoms with Crippen LogP contribution in [0.2, 0.25) is 0 Å². The van der Waals surface area contributed by atoms with Crippen molar-refractivity contribution in [2.75, 3.05) is 0 Å². The van der Waals surface area contributed by atoms with Crippen molar-refractivity contribution in [3.63, 3.8) is 0 Å². The first-order valence-electron chi connectivity index (χ1n) is 10.2. The molecule has 0 amide bonds. The minimum atomic E-state index is 0.0448. The molecule has 6 aromatic rings. The van der Waals surface area contributed by atoms with E-state index in [4.69, 9.17) is 9.40 Å². The molecule has 30 heavy (non-hydrogen) atoms. The molecule has 3 aromatic carbocycles. The molecule has 146 valence electrons. The van der Waals surface area contributed by atoms with Gasteiger partial charge in [0.2, 0.25) is 0 Å². The molecule has 0 saturated carbocycles. The highest BCUT2D eigenvalue weighted by atomic mass is 32.1. The fourth-order valence-electron chi connectivity index (χ4n) is 4.47. The van der Waals surface area contributed by atoms with Gasteiger partial charge < -0.3 is 4.42 Å². The molecule has 0 bridgehead atoms.